The van der Waals surface area contributed by atoms with Gasteiger partial charge >= 0.3 is 5.97 Å². The summed E-state index contributed by atoms with van der Waals surface area (Å²) in [5, 5.41) is 25.7. The highest BCUT2D eigenvalue weighted by Gasteiger charge is 2.33. The van der Waals surface area contributed by atoms with Gasteiger partial charge in [-0.3, -0.25) is 19.2 Å². The van der Waals surface area contributed by atoms with Gasteiger partial charge in [0.15, 0.2) is 0 Å². The zero-order valence-electron chi connectivity index (χ0n) is 17.8. The van der Waals surface area contributed by atoms with Crippen molar-refractivity contribution in [2.75, 3.05) is 0 Å². The number of rotatable bonds is 12. The molecule has 0 spiro atoms. The largest absolute Gasteiger partial charge is 0.480 e. The second-order valence-corrected chi connectivity index (χ2v) is 7.80. The molecule has 0 aliphatic rings. The molecule has 0 rings (SSSR count). The van der Waals surface area contributed by atoms with Crippen molar-refractivity contribution in [3.8, 4) is 0 Å². The van der Waals surface area contributed by atoms with Crippen molar-refractivity contribution in [1.82, 2.24) is 16.0 Å². The van der Waals surface area contributed by atoms with Crippen molar-refractivity contribution in [3.63, 3.8) is 0 Å². The molecule has 9 N–H and O–H groups in total. The Morgan fingerprint density at radius 3 is 1.63 bits per heavy atom. The highest BCUT2D eigenvalue weighted by atomic mass is 16.4. The number of primary amides is 1. The van der Waals surface area contributed by atoms with Crippen LogP contribution in [0.15, 0.2) is 0 Å². The second-order valence-electron chi connectivity index (χ2n) is 7.80. The highest BCUT2D eigenvalue weighted by Crippen LogP contribution is 2.07. The third-order valence-electron chi connectivity index (χ3n) is 4.34. The average Bonchev–Trinajstić information content (AvgIpc) is 2.60. The number of carboxylic acids is 1. The fraction of sp³-hybridized carbons (Fsp3) is 0.722. The van der Waals surface area contributed by atoms with Crippen molar-refractivity contribution in [3.05, 3.63) is 0 Å². The minimum absolute atomic E-state index is 0.404. The lowest BCUT2D eigenvalue weighted by Gasteiger charge is -2.27. The van der Waals surface area contributed by atoms with E-state index in [0.29, 0.717) is 0 Å². The summed E-state index contributed by atoms with van der Waals surface area (Å²) in [5.74, 6) is -5.47. The molecule has 0 radical (unpaired) electrons. The van der Waals surface area contributed by atoms with Crippen LogP contribution in [-0.2, 0) is 24.0 Å². The lowest BCUT2D eigenvalue weighted by atomic mass is 9.99. The van der Waals surface area contributed by atoms with Crippen LogP contribution >= 0.6 is 0 Å². The molecule has 0 aliphatic heterocycles. The summed E-state index contributed by atoms with van der Waals surface area (Å²) >= 11 is 0. The standard InChI is InChI=1S/C18H33N5O7/c1-7(2)13(17(28)23-14(8(3)4)18(29)30)22-15(26)10(6-11(19)25)21-16(27)12(20)9(5)24/h7-10,12-14,24H,6,20H2,1-5H3,(H2,19,25)(H,21,27)(H,22,26)(H,23,28)(H,29,30)/t9-,10+,12+,13+,14+/m1/s1. The third kappa shape index (κ3) is 8.74. The number of carbonyl (C=O) groups is 5. The van der Waals surface area contributed by atoms with Gasteiger partial charge in [0.1, 0.15) is 24.2 Å². The number of aliphatic hydroxyl groups is 1. The minimum atomic E-state index is -1.44. The van der Waals surface area contributed by atoms with E-state index in [4.69, 9.17) is 11.5 Å². The molecule has 172 valence electrons. The van der Waals surface area contributed by atoms with Gasteiger partial charge < -0.3 is 37.6 Å². The van der Waals surface area contributed by atoms with Gasteiger partial charge in [0.05, 0.1) is 12.5 Å². The molecule has 0 aromatic carbocycles. The molecule has 4 amide bonds. The Labute approximate surface area is 175 Å². The van der Waals surface area contributed by atoms with Crippen LogP contribution in [-0.4, -0.2) is 70.1 Å². The first-order valence-corrected chi connectivity index (χ1v) is 9.54. The first kappa shape index (κ1) is 27.3. The number of nitrogens with one attached hydrogen (secondary N) is 3. The lowest BCUT2D eigenvalue weighted by Crippen LogP contribution is -2.60. The second kappa shape index (κ2) is 12.1. The fourth-order valence-corrected chi connectivity index (χ4v) is 2.44. The van der Waals surface area contributed by atoms with Crippen LogP contribution in [0.4, 0.5) is 0 Å². The van der Waals surface area contributed by atoms with Crippen LogP contribution in [0.1, 0.15) is 41.0 Å². The molecule has 0 heterocycles. The van der Waals surface area contributed by atoms with Crippen molar-refractivity contribution in [2.45, 2.75) is 71.3 Å². The number of hydrogen-bond donors (Lipinski definition) is 7. The molecule has 12 nitrogen and oxygen atoms in total. The fourth-order valence-electron chi connectivity index (χ4n) is 2.44. The van der Waals surface area contributed by atoms with E-state index in [1.807, 2.05) is 0 Å². The molecule has 0 saturated carbocycles. The molecule has 12 heteroatoms. The van der Waals surface area contributed by atoms with Gasteiger partial charge in [-0.2, -0.15) is 0 Å². The molecule has 30 heavy (non-hydrogen) atoms. The predicted molar refractivity (Wildman–Crippen MR) is 107 cm³/mol. The van der Waals surface area contributed by atoms with E-state index >= 15 is 0 Å². The van der Waals surface area contributed by atoms with E-state index in [1.54, 1.807) is 27.7 Å². The monoisotopic (exact) mass is 431 g/mol. The van der Waals surface area contributed by atoms with Crippen molar-refractivity contribution in [2.24, 2.45) is 23.3 Å². The van der Waals surface area contributed by atoms with Crippen LogP contribution in [0.5, 0.6) is 0 Å². The van der Waals surface area contributed by atoms with Crippen LogP contribution < -0.4 is 27.4 Å². The number of aliphatic hydroxyl groups excluding tert-OH is 1. The van der Waals surface area contributed by atoms with E-state index in [2.05, 4.69) is 16.0 Å². The highest BCUT2D eigenvalue weighted by molar-refractivity contribution is 5.96. The van der Waals surface area contributed by atoms with Crippen LogP contribution in [0.2, 0.25) is 0 Å². The van der Waals surface area contributed by atoms with Crippen molar-refractivity contribution >= 4 is 29.6 Å². The minimum Gasteiger partial charge on any atom is -0.480 e. The van der Waals surface area contributed by atoms with Gasteiger partial charge in [0.2, 0.25) is 23.6 Å². The maximum atomic E-state index is 12.6. The molecule has 0 unspecified atom stereocenters. The summed E-state index contributed by atoms with van der Waals surface area (Å²) in [6, 6.07) is -5.09. The molecular formula is C18H33N5O7. The number of aliphatic carboxylic acids is 1. The van der Waals surface area contributed by atoms with Gasteiger partial charge in [-0.05, 0) is 18.8 Å². The molecule has 0 fully saturated rings. The topological polar surface area (TPSA) is 214 Å². The zero-order chi connectivity index (χ0) is 23.8. The Hall–Kier alpha value is -2.73. The average molecular weight is 431 g/mol. The molecule has 0 aliphatic carbocycles. The van der Waals surface area contributed by atoms with Crippen molar-refractivity contribution < 1.29 is 34.2 Å². The number of carboxylic acid groups (broad SMARTS) is 1. The van der Waals surface area contributed by atoms with Gasteiger partial charge in [-0.1, -0.05) is 27.7 Å². The molecular weight excluding hydrogens is 398 g/mol. The van der Waals surface area contributed by atoms with Crippen LogP contribution in [0.25, 0.3) is 0 Å². The van der Waals surface area contributed by atoms with E-state index in [9.17, 15) is 34.2 Å². The van der Waals surface area contributed by atoms with Crippen LogP contribution in [0.3, 0.4) is 0 Å². The maximum Gasteiger partial charge on any atom is 0.326 e. The first-order valence-electron chi connectivity index (χ1n) is 9.54. The predicted octanol–water partition coefficient (Wildman–Crippen LogP) is -2.58. The smallest absolute Gasteiger partial charge is 0.326 e. The summed E-state index contributed by atoms with van der Waals surface area (Å²) in [4.78, 5) is 59.9. The normalized spacial score (nSPS) is 16.2. The van der Waals surface area contributed by atoms with E-state index in [0.717, 1.165) is 0 Å². The quantitative estimate of drug-likeness (QED) is 0.174. The Morgan fingerprint density at radius 1 is 0.800 bits per heavy atom. The van der Waals surface area contributed by atoms with Gasteiger partial charge in [0.25, 0.3) is 0 Å². The number of hydrogen-bond acceptors (Lipinski definition) is 7. The molecule has 5 atom stereocenters. The Morgan fingerprint density at radius 2 is 1.27 bits per heavy atom. The summed E-state index contributed by atoms with van der Waals surface area (Å²) in [6.07, 6.45) is -1.78. The molecule has 0 aromatic heterocycles. The lowest BCUT2D eigenvalue weighted by molar-refractivity contribution is -0.144. The van der Waals surface area contributed by atoms with E-state index in [-0.39, 0.29) is 0 Å². The van der Waals surface area contributed by atoms with Gasteiger partial charge in [-0.15, -0.1) is 0 Å². The zero-order valence-corrected chi connectivity index (χ0v) is 17.8. The maximum absolute atomic E-state index is 12.6. The summed E-state index contributed by atoms with van der Waals surface area (Å²) in [7, 11) is 0. The number of amides is 4. The van der Waals surface area contributed by atoms with Crippen molar-refractivity contribution in [1.29, 1.82) is 0 Å². The van der Waals surface area contributed by atoms with Crippen LogP contribution in [0, 0.1) is 11.8 Å². The van der Waals surface area contributed by atoms with Gasteiger partial charge in [0, 0.05) is 0 Å². The Kier molecular flexibility index (Phi) is 11.0. The van der Waals surface area contributed by atoms with Gasteiger partial charge in [-0.25, -0.2) is 4.79 Å². The summed E-state index contributed by atoms with van der Waals surface area (Å²) in [6.45, 7) is 7.76. The Balaban J connectivity index is 5.46. The Bertz CT molecular complexity index is 651. The van der Waals surface area contributed by atoms with E-state index < -0.39 is 78.1 Å². The first-order chi connectivity index (χ1) is 13.7. The van der Waals surface area contributed by atoms with E-state index in [1.165, 1.54) is 6.92 Å². The third-order valence-corrected chi connectivity index (χ3v) is 4.34. The summed E-state index contributed by atoms with van der Waals surface area (Å²) in [5.41, 5.74) is 10.6. The molecule has 0 bridgehead atoms. The summed E-state index contributed by atoms with van der Waals surface area (Å²) < 4.78 is 0. The molecule has 0 saturated heterocycles. The molecule has 0 aromatic rings. The number of nitrogens with two attached hydrogens (primary N) is 2. The number of carbonyl (C=O) groups excluding carboxylic acids is 4. The SMILES string of the molecule is CC(C)[C@H](NC(=O)[C@@H](NC(=O)[C@H](CC(N)=O)NC(=O)[C@@H](N)[C@@H](C)O)C(C)C)C(=O)O.